The number of rotatable bonds is 4. The fraction of sp³-hybridized carbons (Fsp3) is 0.353. The molecule has 1 heterocycles. The van der Waals surface area contributed by atoms with Gasteiger partial charge in [-0.15, -0.1) is 0 Å². The molecule has 22 heavy (non-hydrogen) atoms. The molecule has 1 unspecified atom stereocenters. The van der Waals surface area contributed by atoms with Crippen LogP contribution in [0, 0.1) is 5.92 Å². The van der Waals surface area contributed by atoms with Crippen molar-refractivity contribution in [1.82, 2.24) is 9.66 Å². The number of nitrogens with one attached hydrogen (secondary N) is 1. The molecular weight excluding hydrogens is 278 g/mol. The van der Waals surface area contributed by atoms with E-state index in [0.717, 1.165) is 36.3 Å². The van der Waals surface area contributed by atoms with Crippen LogP contribution in [0.25, 0.3) is 5.57 Å². The van der Waals surface area contributed by atoms with Crippen LogP contribution >= 0.6 is 0 Å². The van der Waals surface area contributed by atoms with Crippen molar-refractivity contribution in [1.29, 1.82) is 0 Å². The molecule has 116 valence electrons. The number of hydrogen-bond donors (Lipinski definition) is 2. The number of aromatic hydroxyl groups is 1. The van der Waals surface area contributed by atoms with E-state index in [1.807, 2.05) is 30.3 Å². The van der Waals surface area contributed by atoms with Crippen molar-refractivity contribution in [3.05, 3.63) is 48.1 Å². The number of nitrogens with zero attached hydrogens (tertiary/aromatic N) is 2. The van der Waals surface area contributed by atoms with Gasteiger partial charge >= 0.3 is 0 Å². The molecule has 0 radical (unpaired) electrons. The number of aromatic nitrogens is 2. The highest BCUT2D eigenvalue weighted by molar-refractivity contribution is 5.65. The molecule has 0 saturated heterocycles. The van der Waals surface area contributed by atoms with Gasteiger partial charge in [0.25, 0.3) is 0 Å². The summed E-state index contributed by atoms with van der Waals surface area (Å²) in [6.07, 6.45) is 4.39. The average molecular weight is 299 g/mol. The van der Waals surface area contributed by atoms with Crippen molar-refractivity contribution < 1.29 is 9.84 Å². The van der Waals surface area contributed by atoms with Crippen LogP contribution in [0.1, 0.15) is 32.0 Å². The molecule has 0 saturated carbocycles. The predicted octanol–water partition coefficient (Wildman–Crippen LogP) is 3.64. The number of hydrogen-bond acceptors (Lipinski definition) is 4. The standard InChI is InChI=1S/C17H21N3O2/c1-12-8-9-15(22-2)14(10-12)17-18-11-16(21)20(17)19-13-6-4-3-5-7-13/h3-7,11-12,19,21H,8-10H2,1-2H3. The lowest BCUT2D eigenvalue weighted by atomic mass is 9.88. The summed E-state index contributed by atoms with van der Waals surface area (Å²) in [7, 11) is 1.70. The van der Waals surface area contributed by atoms with Gasteiger partial charge in [-0.2, -0.15) is 0 Å². The predicted molar refractivity (Wildman–Crippen MR) is 86.3 cm³/mol. The van der Waals surface area contributed by atoms with Gasteiger partial charge in [-0.1, -0.05) is 25.1 Å². The third-order valence-electron chi connectivity index (χ3n) is 4.03. The summed E-state index contributed by atoms with van der Waals surface area (Å²) in [6.45, 7) is 2.23. The topological polar surface area (TPSA) is 59.3 Å². The largest absolute Gasteiger partial charge is 0.501 e. The van der Waals surface area contributed by atoms with Crippen molar-refractivity contribution in [2.45, 2.75) is 26.2 Å². The first-order chi connectivity index (χ1) is 10.7. The van der Waals surface area contributed by atoms with Crippen LogP contribution in [0.5, 0.6) is 5.88 Å². The lowest BCUT2D eigenvalue weighted by Crippen LogP contribution is -2.16. The van der Waals surface area contributed by atoms with E-state index in [4.69, 9.17) is 4.74 Å². The van der Waals surface area contributed by atoms with Crippen LogP contribution in [-0.2, 0) is 4.74 Å². The van der Waals surface area contributed by atoms with Crippen molar-refractivity contribution in [2.24, 2.45) is 5.92 Å². The molecule has 5 nitrogen and oxygen atoms in total. The fourth-order valence-corrected chi connectivity index (χ4v) is 2.84. The Bertz CT molecular complexity index is 676. The smallest absolute Gasteiger partial charge is 0.231 e. The molecular formula is C17H21N3O2. The van der Waals surface area contributed by atoms with Crippen LogP contribution in [0.15, 0.2) is 42.3 Å². The van der Waals surface area contributed by atoms with Crippen LogP contribution < -0.4 is 5.43 Å². The Morgan fingerprint density at radius 3 is 2.82 bits per heavy atom. The molecule has 2 aromatic rings. The number of ether oxygens (including phenoxy) is 1. The van der Waals surface area contributed by atoms with Gasteiger partial charge in [-0.05, 0) is 30.9 Å². The number of imidazole rings is 1. The van der Waals surface area contributed by atoms with Crippen LogP contribution in [0.2, 0.25) is 0 Å². The van der Waals surface area contributed by atoms with Crippen LogP contribution in [-0.4, -0.2) is 21.9 Å². The maximum atomic E-state index is 10.1. The molecule has 5 heteroatoms. The van der Waals surface area contributed by atoms with Crippen molar-refractivity contribution in [2.75, 3.05) is 12.5 Å². The quantitative estimate of drug-likeness (QED) is 0.905. The zero-order valence-corrected chi connectivity index (χ0v) is 12.9. The molecule has 1 aromatic heterocycles. The molecule has 1 aromatic carbocycles. The van der Waals surface area contributed by atoms with Crippen molar-refractivity contribution in [3.63, 3.8) is 0 Å². The molecule has 3 rings (SSSR count). The first kappa shape index (κ1) is 14.5. The zero-order chi connectivity index (χ0) is 15.5. The number of benzene rings is 1. The monoisotopic (exact) mass is 299 g/mol. The molecule has 0 amide bonds. The number of para-hydroxylation sites is 1. The minimum Gasteiger partial charge on any atom is -0.501 e. The molecule has 1 atom stereocenters. The molecule has 1 aliphatic carbocycles. The average Bonchev–Trinajstić information content (AvgIpc) is 2.89. The summed E-state index contributed by atoms with van der Waals surface area (Å²) in [6, 6.07) is 9.72. The maximum absolute atomic E-state index is 10.1. The first-order valence-corrected chi connectivity index (χ1v) is 7.54. The minimum atomic E-state index is 0.0834. The summed E-state index contributed by atoms with van der Waals surface area (Å²) in [5.41, 5.74) is 5.14. The normalized spacial score (nSPS) is 18.4. The summed E-state index contributed by atoms with van der Waals surface area (Å²) >= 11 is 0. The van der Waals surface area contributed by atoms with Gasteiger partial charge in [0.2, 0.25) is 5.88 Å². The van der Waals surface area contributed by atoms with E-state index >= 15 is 0 Å². The van der Waals surface area contributed by atoms with E-state index in [-0.39, 0.29) is 5.88 Å². The first-order valence-electron chi connectivity index (χ1n) is 7.54. The van der Waals surface area contributed by atoms with Crippen LogP contribution in [0.3, 0.4) is 0 Å². The van der Waals surface area contributed by atoms with Gasteiger partial charge < -0.3 is 9.84 Å². The minimum absolute atomic E-state index is 0.0834. The van der Waals surface area contributed by atoms with E-state index in [1.165, 1.54) is 6.20 Å². The second-order valence-electron chi connectivity index (χ2n) is 5.71. The number of allylic oxidation sites excluding steroid dienone is 2. The van der Waals surface area contributed by atoms with Gasteiger partial charge in [0.15, 0.2) is 5.82 Å². The van der Waals surface area contributed by atoms with Gasteiger partial charge in [0.1, 0.15) is 5.76 Å². The van der Waals surface area contributed by atoms with Crippen molar-refractivity contribution >= 4 is 11.3 Å². The van der Waals surface area contributed by atoms with Gasteiger partial charge in [-0.3, -0.25) is 5.43 Å². The van der Waals surface area contributed by atoms with Gasteiger partial charge in [0.05, 0.1) is 19.0 Å². The molecule has 0 spiro atoms. The second-order valence-corrected chi connectivity index (χ2v) is 5.71. The molecule has 1 aliphatic rings. The lowest BCUT2D eigenvalue weighted by Gasteiger charge is -2.24. The molecule has 2 N–H and O–H groups in total. The van der Waals surface area contributed by atoms with E-state index < -0.39 is 0 Å². The Morgan fingerprint density at radius 1 is 1.32 bits per heavy atom. The summed E-state index contributed by atoms with van der Waals surface area (Å²) in [5, 5.41) is 10.1. The Kier molecular flexibility index (Phi) is 4.04. The summed E-state index contributed by atoms with van der Waals surface area (Å²) in [5.74, 6) is 2.34. The van der Waals surface area contributed by atoms with E-state index in [9.17, 15) is 5.11 Å². The highest BCUT2D eigenvalue weighted by atomic mass is 16.5. The Balaban J connectivity index is 1.99. The molecule has 0 aliphatic heterocycles. The Hall–Kier alpha value is -2.43. The fourth-order valence-electron chi connectivity index (χ4n) is 2.84. The number of methoxy groups -OCH3 is 1. The molecule has 0 fully saturated rings. The third-order valence-corrected chi connectivity index (χ3v) is 4.03. The number of anilines is 1. The van der Waals surface area contributed by atoms with Crippen molar-refractivity contribution in [3.8, 4) is 5.88 Å². The highest BCUT2D eigenvalue weighted by Crippen LogP contribution is 2.36. The van der Waals surface area contributed by atoms with E-state index in [2.05, 4.69) is 17.3 Å². The Morgan fingerprint density at radius 2 is 2.09 bits per heavy atom. The van der Waals surface area contributed by atoms with Gasteiger partial charge in [-0.25, -0.2) is 9.66 Å². The van der Waals surface area contributed by atoms with E-state index in [0.29, 0.717) is 11.7 Å². The molecule has 0 bridgehead atoms. The SMILES string of the molecule is COC1=C(c2ncc(O)n2Nc2ccccc2)CC(C)CC1. The van der Waals surface area contributed by atoms with Crippen LogP contribution in [0.4, 0.5) is 5.69 Å². The Labute approximate surface area is 130 Å². The maximum Gasteiger partial charge on any atom is 0.231 e. The second kappa shape index (κ2) is 6.13. The van der Waals surface area contributed by atoms with Gasteiger partial charge in [0, 0.05) is 12.0 Å². The lowest BCUT2D eigenvalue weighted by molar-refractivity contribution is 0.260. The van der Waals surface area contributed by atoms with E-state index in [1.54, 1.807) is 11.8 Å². The highest BCUT2D eigenvalue weighted by Gasteiger charge is 2.24. The zero-order valence-electron chi connectivity index (χ0n) is 12.9. The summed E-state index contributed by atoms with van der Waals surface area (Å²) in [4.78, 5) is 4.38. The summed E-state index contributed by atoms with van der Waals surface area (Å²) < 4.78 is 7.15. The third kappa shape index (κ3) is 2.79.